The van der Waals surface area contributed by atoms with Gasteiger partial charge in [-0.15, -0.1) is 0 Å². The molecule has 156 valence electrons. The Hall–Kier alpha value is -4.27. The van der Waals surface area contributed by atoms with Crippen molar-refractivity contribution >= 4 is 23.7 Å². The van der Waals surface area contributed by atoms with E-state index in [0.717, 1.165) is 4.90 Å². The number of non-ortho nitro benzene ring substituents is 1. The average molecular weight is 421 g/mol. The molecule has 0 aliphatic carbocycles. The average Bonchev–Trinajstić information content (AvgIpc) is 3.29. The van der Waals surface area contributed by atoms with Gasteiger partial charge >= 0.3 is 6.03 Å². The predicted octanol–water partition coefficient (Wildman–Crippen LogP) is 4.40. The molecule has 0 bridgehead atoms. The van der Waals surface area contributed by atoms with E-state index < -0.39 is 22.7 Å². The van der Waals surface area contributed by atoms with Crippen LogP contribution in [0.3, 0.4) is 0 Å². The second-order valence-corrected chi connectivity index (χ2v) is 6.93. The summed E-state index contributed by atoms with van der Waals surface area (Å²) in [7, 11) is 0. The lowest BCUT2D eigenvalue weighted by atomic mass is 10.1. The fourth-order valence-electron chi connectivity index (χ4n) is 3.27. The lowest BCUT2D eigenvalue weighted by molar-refractivity contribution is -0.384. The van der Waals surface area contributed by atoms with E-state index in [-0.39, 0.29) is 23.5 Å². The summed E-state index contributed by atoms with van der Waals surface area (Å²) in [6.07, 6.45) is 1.38. The summed E-state index contributed by atoms with van der Waals surface area (Å²) in [4.78, 5) is 36.2. The van der Waals surface area contributed by atoms with Gasteiger partial charge in [0.05, 0.1) is 11.5 Å². The van der Waals surface area contributed by atoms with Crippen LogP contribution in [0.1, 0.15) is 16.9 Å². The van der Waals surface area contributed by atoms with Crippen molar-refractivity contribution in [1.29, 1.82) is 0 Å². The summed E-state index contributed by atoms with van der Waals surface area (Å²) >= 11 is 0. The Morgan fingerprint density at radius 1 is 1.16 bits per heavy atom. The van der Waals surface area contributed by atoms with Crippen molar-refractivity contribution in [2.75, 3.05) is 0 Å². The quantitative estimate of drug-likeness (QED) is 0.285. The number of imide groups is 1. The van der Waals surface area contributed by atoms with Crippen molar-refractivity contribution in [3.05, 3.63) is 93.1 Å². The van der Waals surface area contributed by atoms with Gasteiger partial charge in [-0.2, -0.15) is 0 Å². The number of amides is 3. The smallest absolute Gasteiger partial charge is 0.329 e. The highest BCUT2D eigenvalue weighted by molar-refractivity contribution is 6.13. The monoisotopic (exact) mass is 421 g/mol. The van der Waals surface area contributed by atoms with Gasteiger partial charge in [-0.25, -0.2) is 9.18 Å². The number of rotatable bonds is 5. The number of furan rings is 1. The maximum absolute atomic E-state index is 13.9. The van der Waals surface area contributed by atoms with E-state index in [2.05, 4.69) is 5.32 Å². The number of nitrogens with zero attached hydrogens (tertiary/aromatic N) is 2. The number of carbonyl (C=O) groups excluding carboxylic acids is 2. The number of hydrogen-bond acceptors (Lipinski definition) is 5. The van der Waals surface area contributed by atoms with Crippen molar-refractivity contribution in [3.63, 3.8) is 0 Å². The molecule has 1 aliphatic rings. The van der Waals surface area contributed by atoms with Crippen LogP contribution in [0.2, 0.25) is 0 Å². The van der Waals surface area contributed by atoms with Gasteiger partial charge in [0.2, 0.25) is 0 Å². The zero-order valence-electron chi connectivity index (χ0n) is 16.3. The molecule has 0 atom stereocenters. The highest BCUT2D eigenvalue weighted by atomic mass is 19.1. The first-order valence-corrected chi connectivity index (χ1v) is 9.26. The highest BCUT2D eigenvalue weighted by Crippen LogP contribution is 2.29. The van der Waals surface area contributed by atoms with Gasteiger partial charge in [-0.3, -0.25) is 19.8 Å². The number of nitro benzene ring substituents is 1. The number of nitro groups is 1. The molecule has 1 aromatic heterocycles. The predicted molar refractivity (Wildman–Crippen MR) is 109 cm³/mol. The molecule has 0 unspecified atom stereocenters. The third-order valence-corrected chi connectivity index (χ3v) is 4.85. The van der Waals surface area contributed by atoms with Gasteiger partial charge in [0.1, 0.15) is 23.0 Å². The van der Waals surface area contributed by atoms with Crippen LogP contribution in [0.5, 0.6) is 0 Å². The van der Waals surface area contributed by atoms with Crippen LogP contribution < -0.4 is 5.32 Å². The van der Waals surface area contributed by atoms with Crippen LogP contribution in [0, 0.1) is 22.9 Å². The van der Waals surface area contributed by atoms with Gasteiger partial charge in [-0.1, -0.05) is 18.2 Å². The molecule has 1 aliphatic heterocycles. The first kappa shape index (κ1) is 20.0. The minimum absolute atomic E-state index is 0.00246. The van der Waals surface area contributed by atoms with E-state index in [1.54, 1.807) is 31.2 Å². The summed E-state index contributed by atoms with van der Waals surface area (Å²) in [6.45, 7) is 1.53. The normalized spacial score (nSPS) is 14.9. The van der Waals surface area contributed by atoms with Crippen LogP contribution in [0.15, 0.2) is 64.7 Å². The number of hydrogen-bond donors (Lipinski definition) is 1. The van der Waals surface area contributed by atoms with Crippen LogP contribution >= 0.6 is 0 Å². The van der Waals surface area contributed by atoms with E-state index in [1.165, 1.54) is 36.4 Å². The minimum Gasteiger partial charge on any atom is -0.457 e. The van der Waals surface area contributed by atoms with Crippen molar-refractivity contribution < 1.29 is 23.3 Å². The van der Waals surface area contributed by atoms with E-state index in [1.807, 2.05) is 0 Å². The molecule has 1 N–H and O–H groups in total. The van der Waals surface area contributed by atoms with E-state index >= 15 is 0 Å². The minimum atomic E-state index is -0.655. The Balaban J connectivity index is 1.56. The summed E-state index contributed by atoms with van der Waals surface area (Å²) in [5, 5.41) is 13.4. The van der Waals surface area contributed by atoms with Gasteiger partial charge in [0.15, 0.2) is 0 Å². The molecule has 0 saturated carbocycles. The number of aryl methyl sites for hydroxylation is 1. The maximum atomic E-state index is 13.9. The first-order chi connectivity index (χ1) is 14.8. The van der Waals surface area contributed by atoms with E-state index in [9.17, 15) is 24.1 Å². The molecular formula is C22H16FN3O5. The molecule has 3 aromatic rings. The second-order valence-electron chi connectivity index (χ2n) is 6.93. The number of benzene rings is 2. The number of carbonyl (C=O) groups is 2. The standard InChI is InChI=1S/C22H16FN3O5/c1-13-10-15(26(29)30)6-8-17(13)20-9-7-16(31-20)11-19-21(27)25(22(28)24-19)12-14-4-2-3-5-18(14)23/h2-11H,12H2,1H3,(H,24,28)/b19-11-. The van der Waals surface area contributed by atoms with E-state index in [0.29, 0.717) is 22.6 Å². The fourth-order valence-corrected chi connectivity index (χ4v) is 3.27. The van der Waals surface area contributed by atoms with Gasteiger partial charge < -0.3 is 9.73 Å². The second kappa shape index (κ2) is 7.86. The summed E-state index contributed by atoms with van der Waals surface area (Å²) in [5.74, 6) is -0.337. The molecule has 8 nitrogen and oxygen atoms in total. The Morgan fingerprint density at radius 3 is 2.65 bits per heavy atom. The van der Waals surface area contributed by atoms with Crippen molar-refractivity contribution in [2.45, 2.75) is 13.5 Å². The van der Waals surface area contributed by atoms with Gasteiger partial charge in [0, 0.05) is 29.3 Å². The Labute approximate surface area is 175 Å². The topological polar surface area (TPSA) is 106 Å². The molecule has 9 heteroatoms. The van der Waals surface area contributed by atoms with Crippen molar-refractivity contribution in [3.8, 4) is 11.3 Å². The fraction of sp³-hybridized carbons (Fsp3) is 0.0909. The van der Waals surface area contributed by atoms with Crippen molar-refractivity contribution in [1.82, 2.24) is 10.2 Å². The summed E-state index contributed by atoms with van der Waals surface area (Å²) in [5.41, 5.74) is 1.52. The van der Waals surface area contributed by atoms with Crippen LogP contribution in [-0.4, -0.2) is 21.8 Å². The molecule has 0 spiro atoms. The maximum Gasteiger partial charge on any atom is 0.329 e. The highest BCUT2D eigenvalue weighted by Gasteiger charge is 2.34. The number of urea groups is 1. The van der Waals surface area contributed by atoms with Crippen molar-refractivity contribution in [2.24, 2.45) is 0 Å². The molecular weight excluding hydrogens is 405 g/mol. The van der Waals surface area contributed by atoms with Gasteiger partial charge in [0.25, 0.3) is 11.6 Å². The third kappa shape index (κ3) is 3.93. The lowest BCUT2D eigenvalue weighted by Gasteiger charge is -2.12. The molecule has 4 rings (SSSR count). The lowest BCUT2D eigenvalue weighted by Crippen LogP contribution is -2.30. The zero-order chi connectivity index (χ0) is 22.1. The number of halogens is 1. The third-order valence-electron chi connectivity index (χ3n) is 4.85. The van der Waals surface area contributed by atoms with Crippen LogP contribution in [-0.2, 0) is 11.3 Å². The molecule has 2 aromatic carbocycles. The van der Waals surface area contributed by atoms with Crippen LogP contribution in [0.4, 0.5) is 14.9 Å². The first-order valence-electron chi connectivity index (χ1n) is 9.26. The molecule has 3 amide bonds. The molecule has 1 saturated heterocycles. The molecule has 1 fully saturated rings. The number of nitrogens with one attached hydrogen (secondary N) is 1. The zero-order valence-corrected chi connectivity index (χ0v) is 16.3. The molecule has 2 heterocycles. The van der Waals surface area contributed by atoms with E-state index in [4.69, 9.17) is 4.42 Å². The Morgan fingerprint density at radius 2 is 1.94 bits per heavy atom. The molecule has 0 radical (unpaired) electrons. The molecule has 31 heavy (non-hydrogen) atoms. The Kier molecular flexibility index (Phi) is 5.08. The van der Waals surface area contributed by atoms with Crippen LogP contribution in [0.25, 0.3) is 17.4 Å². The SMILES string of the molecule is Cc1cc([N+](=O)[O-])ccc1-c1ccc(/C=C2\NC(=O)N(Cc3ccccc3F)C2=O)o1. The van der Waals surface area contributed by atoms with Gasteiger partial charge in [-0.05, 0) is 36.8 Å². The largest absolute Gasteiger partial charge is 0.457 e. The Bertz CT molecular complexity index is 1250. The summed E-state index contributed by atoms with van der Waals surface area (Å²) in [6, 6.07) is 12.9. The summed E-state index contributed by atoms with van der Waals surface area (Å²) < 4.78 is 19.6.